The van der Waals surface area contributed by atoms with Gasteiger partial charge in [-0.15, -0.1) is 0 Å². The predicted octanol–water partition coefficient (Wildman–Crippen LogP) is 3.17. The normalized spacial score (nSPS) is 11.9. The van der Waals surface area contributed by atoms with E-state index in [0.717, 1.165) is 5.56 Å². The Bertz CT molecular complexity index is 745. The van der Waals surface area contributed by atoms with Crippen molar-refractivity contribution in [3.8, 4) is 5.75 Å². The third-order valence-electron chi connectivity index (χ3n) is 2.99. The second-order valence-electron chi connectivity index (χ2n) is 4.80. The Balaban J connectivity index is 1.87. The molecule has 0 aliphatic carbocycles. The number of benzene rings is 2. The van der Waals surface area contributed by atoms with Gasteiger partial charge in [-0.05, 0) is 36.8 Å². The van der Waals surface area contributed by atoms with Crippen LogP contribution in [-0.2, 0) is 4.79 Å². The van der Waals surface area contributed by atoms with Crippen molar-refractivity contribution in [2.45, 2.75) is 13.0 Å². The van der Waals surface area contributed by atoms with Crippen molar-refractivity contribution in [2.24, 2.45) is 5.10 Å². The summed E-state index contributed by atoms with van der Waals surface area (Å²) in [5.41, 5.74) is 3.09. The zero-order valence-corrected chi connectivity index (χ0v) is 13.4. The van der Waals surface area contributed by atoms with Crippen molar-refractivity contribution in [1.82, 2.24) is 5.43 Å². The van der Waals surface area contributed by atoms with Gasteiger partial charge in [0.15, 0.2) is 6.10 Å². The van der Waals surface area contributed by atoms with Gasteiger partial charge >= 0.3 is 0 Å². The summed E-state index contributed by atoms with van der Waals surface area (Å²) in [6.07, 6.45) is 0.668. The van der Waals surface area contributed by atoms with Crippen LogP contribution in [0.5, 0.6) is 5.75 Å². The van der Waals surface area contributed by atoms with Crippen LogP contribution in [0.1, 0.15) is 12.5 Å². The molecule has 7 nitrogen and oxygen atoms in total. The highest BCUT2D eigenvalue weighted by molar-refractivity contribution is 6.30. The molecule has 0 heterocycles. The second-order valence-corrected chi connectivity index (χ2v) is 5.23. The molecule has 0 aliphatic rings. The summed E-state index contributed by atoms with van der Waals surface area (Å²) in [5, 5.41) is 15.0. The first-order valence-electron chi connectivity index (χ1n) is 6.95. The van der Waals surface area contributed by atoms with E-state index in [1.807, 2.05) is 0 Å². The Morgan fingerprint density at radius 1 is 1.25 bits per heavy atom. The third kappa shape index (κ3) is 5.06. The van der Waals surface area contributed by atoms with E-state index in [1.54, 1.807) is 31.2 Å². The minimum Gasteiger partial charge on any atom is -0.481 e. The molecule has 1 atom stereocenters. The number of nitro benzene ring substituents is 1. The van der Waals surface area contributed by atoms with Crippen LogP contribution < -0.4 is 10.2 Å². The Morgan fingerprint density at radius 2 is 1.88 bits per heavy atom. The maximum Gasteiger partial charge on any atom is 0.280 e. The summed E-state index contributed by atoms with van der Waals surface area (Å²) >= 11 is 5.77. The van der Waals surface area contributed by atoms with Crippen molar-refractivity contribution >= 4 is 29.4 Å². The number of nitrogens with zero attached hydrogens (tertiary/aromatic N) is 2. The highest BCUT2D eigenvalue weighted by Crippen LogP contribution is 2.18. The first-order valence-corrected chi connectivity index (χ1v) is 7.33. The van der Waals surface area contributed by atoms with Crippen LogP contribution in [0, 0.1) is 10.1 Å². The highest BCUT2D eigenvalue weighted by Gasteiger charge is 2.14. The molecule has 0 saturated heterocycles. The van der Waals surface area contributed by atoms with Crippen LogP contribution >= 0.6 is 11.6 Å². The zero-order chi connectivity index (χ0) is 17.5. The van der Waals surface area contributed by atoms with E-state index in [2.05, 4.69) is 10.5 Å². The molecule has 1 amide bonds. The number of nitro groups is 1. The summed E-state index contributed by atoms with van der Waals surface area (Å²) in [5.74, 6) is -0.0940. The average molecular weight is 348 g/mol. The molecule has 2 rings (SSSR count). The topological polar surface area (TPSA) is 93.8 Å². The molecule has 0 aromatic heterocycles. The van der Waals surface area contributed by atoms with Gasteiger partial charge in [-0.25, -0.2) is 5.43 Å². The van der Waals surface area contributed by atoms with Gasteiger partial charge in [-0.1, -0.05) is 23.7 Å². The van der Waals surface area contributed by atoms with Gasteiger partial charge < -0.3 is 4.74 Å². The number of rotatable bonds is 6. The number of hydrogen-bond donors (Lipinski definition) is 1. The quantitative estimate of drug-likeness (QED) is 0.493. The molecule has 2 aromatic rings. The Labute approximate surface area is 143 Å². The lowest BCUT2D eigenvalue weighted by Gasteiger charge is -2.12. The zero-order valence-electron chi connectivity index (χ0n) is 12.7. The van der Waals surface area contributed by atoms with E-state index in [1.165, 1.54) is 30.5 Å². The molecular formula is C16H14ClN3O4. The summed E-state index contributed by atoms with van der Waals surface area (Å²) in [6.45, 7) is 1.55. The van der Waals surface area contributed by atoms with E-state index < -0.39 is 16.9 Å². The molecule has 0 bridgehead atoms. The number of carbonyl (C=O) groups is 1. The molecule has 24 heavy (non-hydrogen) atoms. The van der Waals surface area contributed by atoms with Crippen LogP contribution in [0.2, 0.25) is 5.02 Å². The van der Waals surface area contributed by atoms with Crippen LogP contribution in [0.25, 0.3) is 0 Å². The fourth-order valence-corrected chi connectivity index (χ4v) is 1.84. The number of ether oxygens (including phenoxy) is 1. The lowest BCUT2D eigenvalue weighted by molar-refractivity contribution is -0.384. The molecule has 8 heteroatoms. The number of hydrogen-bond acceptors (Lipinski definition) is 5. The smallest absolute Gasteiger partial charge is 0.280 e. The predicted molar refractivity (Wildman–Crippen MR) is 90.4 cm³/mol. The summed E-state index contributed by atoms with van der Waals surface area (Å²) in [6, 6.07) is 12.4. The molecule has 1 N–H and O–H groups in total. The van der Waals surface area contributed by atoms with E-state index in [0.29, 0.717) is 10.8 Å². The number of nitrogens with one attached hydrogen (secondary N) is 1. The van der Waals surface area contributed by atoms with Gasteiger partial charge in [-0.2, -0.15) is 5.10 Å². The largest absolute Gasteiger partial charge is 0.481 e. The summed E-state index contributed by atoms with van der Waals surface area (Å²) in [7, 11) is 0. The van der Waals surface area contributed by atoms with Gasteiger partial charge in [0, 0.05) is 17.2 Å². The standard InChI is InChI=1S/C16H14ClN3O4/c1-11(24-15-8-6-14(7-9-15)20(22)23)16(21)19-18-10-12-2-4-13(17)5-3-12/h2-11H,1H3,(H,19,21)/b18-10-/t11-/m1/s1. The maximum absolute atomic E-state index is 11.9. The molecule has 2 aromatic carbocycles. The van der Waals surface area contributed by atoms with Crippen LogP contribution in [-0.4, -0.2) is 23.1 Å². The lowest BCUT2D eigenvalue weighted by Crippen LogP contribution is -2.33. The van der Waals surface area contributed by atoms with Crippen LogP contribution in [0.15, 0.2) is 53.6 Å². The van der Waals surface area contributed by atoms with Crippen LogP contribution in [0.4, 0.5) is 5.69 Å². The van der Waals surface area contributed by atoms with E-state index in [9.17, 15) is 14.9 Å². The molecule has 124 valence electrons. The number of non-ortho nitro benzene ring substituents is 1. The maximum atomic E-state index is 11.9. The monoisotopic (exact) mass is 347 g/mol. The molecule has 0 spiro atoms. The molecule has 0 saturated carbocycles. The average Bonchev–Trinajstić information content (AvgIpc) is 2.57. The molecule has 0 radical (unpaired) electrons. The van der Waals surface area contributed by atoms with Gasteiger partial charge in [0.05, 0.1) is 11.1 Å². The number of amides is 1. The molecule has 0 unspecified atom stereocenters. The molecule has 0 fully saturated rings. The number of hydrazone groups is 1. The highest BCUT2D eigenvalue weighted by atomic mass is 35.5. The molecule has 0 aliphatic heterocycles. The van der Waals surface area contributed by atoms with Gasteiger partial charge in [-0.3, -0.25) is 14.9 Å². The van der Waals surface area contributed by atoms with Gasteiger partial charge in [0.2, 0.25) is 0 Å². The second kappa shape index (κ2) is 8.07. The fourth-order valence-electron chi connectivity index (χ4n) is 1.71. The Kier molecular flexibility index (Phi) is 5.86. The van der Waals surface area contributed by atoms with Crippen LogP contribution in [0.3, 0.4) is 0 Å². The fraction of sp³-hybridized carbons (Fsp3) is 0.125. The summed E-state index contributed by atoms with van der Waals surface area (Å²) < 4.78 is 5.40. The SMILES string of the molecule is C[C@@H](Oc1ccc([N+](=O)[O-])cc1)C(=O)N/N=C\c1ccc(Cl)cc1. The Hall–Kier alpha value is -2.93. The first-order chi connectivity index (χ1) is 11.5. The van der Waals surface area contributed by atoms with Crippen molar-refractivity contribution in [3.05, 3.63) is 69.2 Å². The van der Waals surface area contributed by atoms with E-state index >= 15 is 0 Å². The number of halogens is 1. The lowest BCUT2D eigenvalue weighted by atomic mass is 10.2. The minimum absolute atomic E-state index is 0.0491. The van der Waals surface area contributed by atoms with Crippen molar-refractivity contribution in [3.63, 3.8) is 0 Å². The summed E-state index contributed by atoms with van der Waals surface area (Å²) in [4.78, 5) is 22.0. The first kappa shape index (κ1) is 17.4. The van der Waals surface area contributed by atoms with Crippen molar-refractivity contribution in [2.75, 3.05) is 0 Å². The Morgan fingerprint density at radius 3 is 2.46 bits per heavy atom. The third-order valence-corrected chi connectivity index (χ3v) is 3.24. The number of carbonyl (C=O) groups excluding carboxylic acids is 1. The minimum atomic E-state index is -0.811. The van der Waals surface area contributed by atoms with Crippen molar-refractivity contribution in [1.29, 1.82) is 0 Å². The van der Waals surface area contributed by atoms with E-state index in [4.69, 9.17) is 16.3 Å². The molecular weight excluding hydrogens is 334 g/mol. The van der Waals surface area contributed by atoms with Gasteiger partial charge in [0.1, 0.15) is 5.75 Å². The van der Waals surface area contributed by atoms with E-state index in [-0.39, 0.29) is 5.69 Å². The van der Waals surface area contributed by atoms with Gasteiger partial charge in [0.25, 0.3) is 11.6 Å². The van der Waals surface area contributed by atoms with Crippen molar-refractivity contribution < 1.29 is 14.5 Å².